The third-order valence-electron chi connectivity index (χ3n) is 13.6. The molecule has 10 rings (SSSR count). The van der Waals surface area contributed by atoms with Crippen LogP contribution in [-0.2, 0) is 10.8 Å². The Labute approximate surface area is 280 Å². The minimum absolute atomic E-state index is 0.132. The molecule has 47 heavy (non-hydrogen) atoms. The maximum atomic E-state index is 2.66. The molecule has 3 fully saturated rings. The van der Waals surface area contributed by atoms with E-state index in [1.165, 1.54) is 104 Å². The number of hydrogen-bond donors (Lipinski definition) is 0. The van der Waals surface area contributed by atoms with Gasteiger partial charge in [-0.25, -0.2) is 0 Å². The molecule has 3 saturated carbocycles. The third kappa shape index (κ3) is 3.72. The summed E-state index contributed by atoms with van der Waals surface area (Å²) in [7, 11) is 0. The highest BCUT2D eigenvalue weighted by Gasteiger charge is 2.57. The van der Waals surface area contributed by atoms with Gasteiger partial charge in [0.05, 0.1) is 5.69 Å². The Balaban J connectivity index is 1.21. The van der Waals surface area contributed by atoms with Crippen molar-refractivity contribution in [3.63, 3.8) is 0 Å². The van der Waals surface area contributed by atoms with Crippen molar-refractivity contribution in [2.75, 3.05) is 4.90 Å². The molecule has 0 radical (unpaired) electrons. The van der Waals surface area contributed by atoms with Gasteiger partial charge in [-0.3, -0.25) is 0 Å². The summed E-state index contributed by atoms with van der Waals surface area (Å²) in [6.45, 7) is 2.43. The molecule has 1 nitrogen and oxygen atoms in total. The highest BCUT2D eigenvalue weighted by atomic mass is 15.1. The molecule has 0 saturated heterocycles. The van der Waals surface area contributed by atoms with Crippen molar-refractivity contribution in [3.05, 3.63) is 138 Å². The summed E-state index contributed by atoms with van der Waals surface area (Å²) in [6, 6.07) is 44.8. The van der Waals surface area contributed by atoms with Gasteiger partial charge in [0.15, 0.2) is 0 Å². The Kier molecular flexibility index (Phi) is 6.22. The molecule has 0 N–H and O–H groups in total. The Hall–Kier alpha value is -4.10. The van der Waals surface area contributed by atoms with Crippen molar-refractivity contribution in [1.82, 2.24) is 0 Å². The zero-order valence-corrected chi connectivity index (χ0v) is 27.7. The van der Waals surface area contributed by atoms with E-state index < -0.39 is 0 Å². The van der Waals surface area contributed by atoms with Crippen molar-refractivity contribution < 1.29 is 0 Å². The van der Waals surface area contributed by atoms with Gasteiger partial charge in [0.2, 0.25) is 0 Å². The van der Waals surface area contributed by atoms with Crippen molar-refractivity contribution >= 4 is 17.1 Å². The molecule has 5 aromatic carbocycles. The summed E-state index contributed by atoms with van der Waals surface area (Å²) in [5.41, 5.74) is 16.4. The molecule has 0 amide bonds. The van der Waals surface area contributed by atoms with Crippen LogP contribution < -0.4 is 4.90 Å². The van der Waals surface area contributed by atoms with Crippen LogP contribution in [0, 0.1) is 17.8 Å². The van der Waals surface area contributed by atoms with E-state index in [4.69, 9.17) is 0 Å². The zero-order valence-electron chi connectivity index (χ0n) is 27.7. The van der Waals surface area contributed by atoms with Gasteiger partial charge in [0.25, 0.3) is 0 Å². The van der Waals surface area contributed by atoms with Gasteiger partial charge in [-0.15, -0.1) is 0 Å². The Morgan fingerprint density at radius 3 is 2.00 bits per heavy atom. The molecule has 2 atom stereocenters. The summed E-state index contributed by atoms with van der Waals surface area (Å²) < 4.78 is 0. The van der Waals surface area contributed by atoms with E-state index in [-0.39, 0.29) is 10.8 Å². The number of hydrogen-bond acceptors (Lipinski definition) is 1. The Morgan fingerprint density at radius 1 is 0.574 bits per heavy atom. The first-order valence-corrected chi connectivity index (χ1v) is 18.6. The van der Waals surface area contributed by atoms with Crippen LogP contribution in [0.5, 0.6) is 0 Å². The Morgan fingerprint density at radius 2 is 1.23 bits per heavy atom. The highest BCUT2D eigenvalue weighted by Crippen LogP contribution is 2.66. The van der Waals surface area contributed by atoms with E-state index in [9.17, 15) is 0 Å². The fourth-order valence-electron chi connectivity index (χ4n) is 11.8. The number of nitrogens with zero attached hydrogens (tertiary/aromatic N) is 1. The van der Waals surface area contributed by atoms with Gasteiger partial charge in [-0.1, -0.05) is 118 Å². The summed E-state index contributed by atoms with van der Waals surface area (Å²) in [6.07, 6.45) is 13.3. The maximum Gasteiger partial charge on any atom is 0.0543 e. The monoisotopic (exact) mass is 611 g/mol. The van der Waals surface area contributed by atoms with Crippen LogP contribution in [0.2, 0.25) is 0 Å². The minimum Gasteiger partial charge on any atom is -0.310 e. The predicted octanol–water partition coefficient (Wildman–Crippen LogP) is 12.5. The molecule has 5 aliphatic rings. The second kappa shape index (κ2) is 10.4. The summed E-state index contributed by atoms with van der Waals surface area (Å²) in [5.74, 6) is 2.31. The van der Waals surface area contributed by atoms with Crippen molar-refractivity contribution in [2.24, 2.45) is 17.8 Å². The van der Waals surface area contributed by atoms with E-state index in [1.54, 1.807) is 22.3 Å². The molecule has 0 aliphatic heterocycles. The van der Waals surface area contributed by atoms with Crippen molar-refractivity contribution in [3.8, 4) is 22.3 Å². The molecule has 5 aromatic rings. The fourth-order valence-corrected chi connectivity index (χ4v) is 11.8. The summed E-state index contributed by atoms with van der Waals surface area (Å²) >= 11 is 0. The van der Waals surface area contributed by atoms with Crippen LogP contribution in [0.25, 0.3) is 22.3 Å². The molecule has 2 bridgehead atoms. The van der Waals surface area contributed by atoms with E-state index in [2.05, 4.69) is 127 Å². The van der Waals surface area contributed by atoms with Gasteiger partial charge >= 0.3 is 0 Å². The van der Waals surface area contributed by atoms with Crippen LogP contribution in [-0.4, -0.2) is 0 Å². The van der Waals surface area contributed by atoms with Crippen LogP contribution >= 0.6 is 0 Å². The quantitative estimate of drug-likeness (QED) is 0.195. The molecule has 2 spiro atoms. The number of fused-ring (bicyclic) bond motifs is 8. The number of para-hydroxylation sites is 1. The highest BCUT2D eigenvalue weighted by molar-refractivity contribution is 5.96. The van der Waals surface area contributed by atoms with Gasteiger partial charge in [0, 0.05) is 27.8 Å². The normalized spacial score (nSPS) is 25.8. The lowest BCUT2D eigenvalue weighted by atomic mass is 9.49. The molecule has 0 heterocycles. The predicted molar refractivity (Wildman–Crippen MR) is 196 cm³/mol. The van der Waals surface area contributed by atoms with Crippen LogP contribution in [0.1, 0.15) is 93.4 Å². The second-order valence-corrected chi connectivity index (χ2v) is 15.4. The number of rotatable bonds is 4. The van der Waals surface area contributed by atoms with Crippen LogP contribution in [0.4, 0.5) is 17.1 Å². The van der Waals surface area contributed by atoms with E-state index in [0.717, 1.165) is 17.8 Å². The minimum atomic E-state index is 0.132. The first kappa shape index (κ1) is 28.0. The van der Waals surface area contributed by atoms with Crippen molar-refractivity contribution in [1.29, 1.82) is 0 Å². The summed E-state index contributed by atoms with van der Waals surface area (Å²) in [4.78, 5) is 2.61. The number of anilines is 3. The van der Waals surface area contributed by atoms with Crippen LogP contribution in [0.3, 0.4) is 0 Å². The average molecular weight is 612 g/mol. The third-order valence-corrected chi connectivity index (χ3v) is 13.6. The molecule has 1 heteroatoms. The maximum absolute atomic E-state index is 2.66. The smallest absolute Gasteiger partial charge is 0.0543 e. The second-order valence-electron chi connectivity index (χ2n) is 15.4. The molecule has 0 aromatic heterocycles. The molecule has 234 valence electrons. The van der Waals surface area contributed by atoms with E-state index in [0.29, 0.717) is 0 Å². The lowest BCUT2D eigenvalue weighted by Gasteiger charge is -2.55. The van der Waals surface area contributed by atoms with Crippen LogP contribution in [0.15, 0.2) is 115 Å². The lowest BCUT2D eigenvalue weighted by Crippen LogP contribution is -2.49. The average Bonchev–Trinajstić information content (AvgIpc) is 3.80. The van der Waals surface area contributed by atoms with Gasteiger partial charge in [-0.05, 0) is 126 Å². The van der Waals surface area contributed by atoms with E-state index >= 15 is 0 Å². The standard InChI is InChI=1S/C46H45N/c1-2-31-28-32-14-12-15-33(29-31)46(32)40-21-9-6-18-36(40)37-25-24-35(30-42(37)46)47(34-16-4-3-5-17-34)43-23-13-22-41-44(43)38-19-7-8-20-39(38)45(41)26-10-11-27-45/h3-9,13,16-25,30-33H,2,10-12,14-15,26-29H2,1H3. The first-order valence-electron chi connectivity index (χ1n) is 18.6. The van der Waals surface area contributed by atoms with E-state index in [1.807, 2.05) is 0 Å². The number of benzene rings is 5. The lowest BCUT2D eigenvalue weighted by molar-refractivity contribution is 0.0492. The topological polar surface area (TPSA) is 3.24 Å². The molecule has 5 aliphatic carbocycles. The molecular formula is C46H45N. The molecule has 2 unspecified atom stereocenters. The first-order chi connectivity index (χ1) is 23.2. The zero-order chi connectivity index (χ0) is 31.2. The fraction of sp³-hybridized carbons (Fsp3) is 0.348. The van der Waals surface area contributed by atoms with Gasteiger partial charge in [-0.2, -0.15) is 0 Å². The Bertz CT molecular complexity index is 1980. The van der Waals surface area contributed by atoms with Gasteiger partial charge in [0.1, 0.15) is 0 Å². The van der Waals surface area contributed by atoms with Crippen molar-refractivity contribution in [2.45, 2.75) is 82.0 Å². The van der Waals surface area contributed by atoms with Gasteiger partial charge < -0.3 is 4.90 Å². The largest absolute Gasteiger partial charge is 0.310 e. The molecular weight excluding hydrogens is 567 g/mol. The SMILES string of the molecule is CCC1CC2CCCC(C1)C21c2ccccc2-c2ccc(N(c3ccccc3)c3cccc4c3-c3ccccc3C43CCCC3)cc21. The summed E-state index contributed by atoms with van der Waals surface area (Å²) in [5, 5.41) is 0.